The predicted octanol–water partition coefficient (Wildman–Crippen LogP) is 9.67. The molecular weight excluding hydrogens is 601 g/mol. The molecule has 0 unspecified atom stereocenters. The fraction of sp³-hybridized carbons (Fsp3) is 0.286. The molecule has 0 heterocycles. The first-order valence-corrected chi connectivity index (χ1v) is 17.6. The fourth-order valence-corrected chi connectivity index (χ4v) is 7.02. The molecule has 4 nitrogen and oxygen atoms in total. The van der Waals surface area contributed by atoms with E-state index in [1.807, 2.05) is 48.2 Å². The number of hydrogen-bond donors (Lipinski definition) is 0. The molecule has 0 spiro atoms. The molecule has 0 fully saturated rings. The summed E-state index contributed by atoms with van der Waals surface area (Å²) in [6, 6.07) is 52.9. The van der Waals surface area contributed by atoms with E-state index in [1.54, 1.807) is 0 Å². The predicted molar refractivity (Wildman–Crippen MR) is 193 cm³/mol. The van der Waals surface area contributed by atoms with E-state index >= 15 is 0 Å². The molecule has 0 atom stereocenters. The average molecular weight is 647 g/mol. The van der Waals surface area contributed by atoms with Crippen LogP contribution in [0.3, 0.4) is 0 Å². The number of thioether (sulfide) groups is 1. The topological polar surface area (TPSA) is 36.9 Å². The van der Waals surface area contributed by atoms with Crippen molar-refractivity contribution in [3.05, 3.63) is 179 Å². The van der Waals surface area contributed by atoms with Crippen LogP contribution in [0.1, 0.15) is 47.1 Å². The van der Waals surface area contributed by atoms with Crippen molar-refractivity contribution in [2.45, 2.75) is 43.5 Å². The van der Waals surface area contributed by atoms with Crippen LogP contribution >= 0.6 is 11.8 Å². The minimum atomic E-state index is -0.322. The molecule has 0 aliphatic heterocycles. The van der Waals surface area contributed by atoms with E-state index in [-0.39, 0.29) is 11.0 Å². The maximum Gasteiger partial charge on any atom is 0.158 e. The van der Waals surface area contributed by atoms with Crippen molar-refractivity contribution in [2.75, 3.05) is 32.2 Å². The highest BCUT2D eigenvalue weighted by Gasteiger charge is 2.36. The minimum Gasteiger partial charge on any atom is -0.379 e. The molecule has 5 rings (SSSR count). The SMILES string of the molecule is c1ccc(COC(CCCCOCCOCCSC(c2ccccc2)(c2ccccc2)c2ccccc2)OCc2ccccc2)cc1. The second kappa shape index (κ2) is 19.8. The van der Waals surface area contributed by atoms with Crippen molar-refractivity contribution in [3.63, 3.8) is 0 Å². The summed E-state index contributed by atoms with van der Waals surface area (Å²) < 4.78 is 23.9. The zero-order valence-electron chi connectivity index (χ0n) is 27.1. The highest BCUT2D eigenvalue weighted by Crippen LogP contribution is 2.48. The van der Waals surface area contributed by atoms with Gasteiger partial charge in [0.1, 0.15) is 0 Å². The van der Waals surface area contributed by atoms with E-state index < -0.39 is 0 Å². The molecule has 0 saturated heterocycles. The summed E-state index contributed by atoms with van der Waals surface area (Å²) in [5.41, 5.74) is 6.10. The molecule has 0 amide bonds. The Hall–Kier alpha value is -3.71. The van der Waals surface area contributed by atoms with E-state index in [4.69, 9.17) is 18.9 Å². The number of unbranched alkanes of at least 4 members (excludes halogenated alkanes) is 1. The maximum atomic E-state index is 6.16. The quantitative estimate of drug-likeness (QED) is 0.0451. The van der Waals surface area contributed by atoms with E-state index in [2.05, 4.69) is 115 Å². The molecule has 0 bridgehead atoms. The molecule has 0 radical (unpaired) electrons. The number of rotatable bonds is 21. The summed E-state index contributed by atoms with van der Waals surface area (Å²) in [4.78, 5) is 0. The Morgan fingerprint density at radius 1 is 0.447 bits per heavy atom. The van der Waals surface area contributed by atoms with E-state index in [1.165, 1.54) is 16.7 Å². The van der Waals surface area contributed by atoms with Gasteiger partial charge in [-0.2, -0.15) is 0 Å². The van der Waals surface area contributed by atoms with Gasteiger partial charge in [-0.3, -0.25) is 0 Å². The van der Waals surface area contributed by atoms with E-state index in [0.29, 0.717) is 39.6 Å². The average Bonchev–Trinajstić information content (AvgIpc) is 3.15. The van der Waals surface area contributed by atoms with Gasteiger partial charge in [-0.05, 0) is 47.1 Å². The normalized spacial score (nSPS) is 11.6. The Morgan fingerprint density at radius 3 is 1.30 bits per heavy atom. The standard InChI is InChI=1S/C42H46O4S/c1-6-18-36(19-7-1)34-45-41(46-35-37-20-8-2-9-21-37)28-16-17-29-43-30-31-44-32-33-47-42(38-22-10-3-11-23-38,39-24-12-4-13-25-39)40-26-14-5-15-27-40/h1-15,18-27,41H,16-17,28-35H2. The lowest BCUT2D eigenvalue weighted by Crippen LogP contribution is -2.26. The molecule has 0 aliphatic rings. The lowest BCUT2D eigenvalue weighted by atomic mass is 9.84. The summed E-state index contributed by atoms with van der Waals surface area (Å²) in [7, 11) is 0. The largest absolute Gasteiger partial charge is 0.379 e. The van der Waals surface area contributed by atoms with Crippen LogP contribution in [0.15, 0.2) is 152 Å². The number of hydrogen-bond acceptors (Lipinski definition) is 5. The molecule has 0 aliphatic carbocycles. The van der Waals surface area contributed by atoms with Crippen molar-refractivity contribution in [3.8, 4) is 0 Å². The fourth-order valence-electron chi connectivity index (χ4n) is 5.60. The van der Waals surface area contributed by atoms with Crippen molar-refractivity contribution in [1.29, 1.82) is 0 Å². The zero-order chi connectivity index (χ0) is 32.2. The van der Waals surface area contributed by atoms with Crippen LogP contribution in [0.4, 0.5) is 0 Å². The lowest BCUT2D eigenvalue weighted by molar-refractivity contribution is -0.161. The van der Waals surface area contributed by atoms with Crippen LogP contribution in [0, 0.1) is 0 Å². The molecule has 5 aromatic carbocycles. The van der Waals surface area contributed by atoms with Gasteiger partial charge in [0.15, 0.2) is 6.29 Å². The Labute approximate surface area is 285 Å². The molecule has 5 heteroatoms. The van der Waals surface area contributed by atoms with Crippen molar-refractivity contribution < 1.29 is 18.9 Å². The van der Waals surface area contributed by atoms with Crippen LogP contribution in [0.5, 0.6) is 0 Å². The maximum absolute atomic E-state index is 6.16. The monoisotopic (exact) mass is 646 g/mol. The van der Waals surface area contributed by atoms with E-state index in [0.717, 1.165) is 36.1 Å². The van der Waals surface area contributed by atoms with Gasteiger partial charge in [0.25, 0.3) is 0 Å². The summed E-state index contributed by atoms with van der Waals surface area (Å²) in [5, 5.41) is 0. The molecule has 5 aromatic rings. The number of benzene rings is 5. The van der Waals surface area contributed by atoms with Gasteiger partial charge in [-0.15, -0.1) is 11.8 Å². The first-order valence-electron chi connectivity index (χ1n) is 16.6. The van der Waals surface area contributed by atoms with Gasteiger partial charge in [0.2, 0.25) is 0 Å². The summed E-state index contributed by atoms with van der Waals surface area (Å²) >= 11 is 1.92. The van der Waals surface area contributed by atoms with Crippen molar-refractivity contribution in [1.82, 2.24) is 0 Å². The van der Waals surface area contributed by atoms with Gasteiger partial charge < -0.3 is 18.9 Å². The second-order valence-electron chi connectivity index (χ2n) is 11.4. The van der Waals surface area contributed by atoms with E-state index in [9.17, 15) is 0 Å². The second-order valence-corrected chi connectivity index (χ2v) is 12.7. The van der Waals surface area contributed by atoms with Gasteiger partial charge in [0.05, 0.1) is 37.8 Å². The summed E-state index contributed by atoms with van der Waals surface area (Å²) in [6.45, 7) is 3.59. The number of ether oxygens (including phenoxy) is 4. The Morgan fingerprint density at radius 2 is 0.851 bits per heavy atom. The summed E-state index contributed by atoms with van der Waals surface area (Å²) in [6.07, 6.45) is 2.48. The Balaban J connectivity index is 1.03. The van der Waals surface area contributed by atoms with Gasteiger partial charge in [-0.25, -0.2) is 0 Å². The van der Waals surface area contributed by atoms with Crippen molar-refractivity contribution in [2.24, 2.45) is 0 Å². The Kier molecular flexibility index (Phi) is 14.6. The summed E-state index contributed by atoms with van der Waals surface area (Å²) in [5.74, 6) is 0.853. The Bertz CT molecular complexity index is 1360. The van der Waals surface area contributed by atoms with Gasteiger partial charge >= 0.3 is 0 Å². The highest BCUT2D eigenvalue weighted by atomic mass is 32.2. The van der Waals surface area contributed by atoms with Crippen LogP contribution in [0.25, 0.3) is 0 Å². The van der Waals surface area contributed by atoms with Crippen molar-refractivity contribution >= 4 is 11.8 Å². The zero-order valence-corrected chi connectivity index (χ0v) is 27.9. The first-order chi connectivity index (χ1) is 23.3. The molecule has 0 N–H and O–H groups in total. The highest BCUT2D eigenvalue weighted by molar-refractivity contribution is 8.00. The lowest BCUT2D eigenvalue weighted by Gasteiger charge is -2.35. The third kappa shape index (κ3) is 10.9. The third-order valence-corrected chi connectivity index (χ3v) is 9.51. The van der Waals surface area contributed by atoms with Gasteiger partial charge in [0, 0.05) is 12.4 Å². The van der Waals surface area contributed by atoms with Crippen LogP contribution < -0.4 is 0 Å². The molecule has 0 saturated carbocycles. The smallest absolute Gasteiger partial charge is 0.158 e. The molecule has 0 aromatic heterocycles. The third-order valence-electron chi connectivity index (χ3n) is 8.00. The van der Waals surface area contributed by atoms with Gasteiger partial charge in [-0.1, -0.05) is 152 Å². The molecule has 244 valence electrons. The molecule has 47 heavy (non-hydrogen) atoms. The molecular formula is C42H46O4S. The van der Waals surface area contributed by atoms with Crippen LogP contribution in [-0.4, -0.2) is 38.5 Å². The van der Waals surface area contributed by atoms with Crippen LogP contribution in [-0.2, 0) is 36.9 Å². The first kappa shape index (κ1) is 34.6. The minimum absolute atomic E-state index is 0.258. The van der Waals surface area contributed by atoms with Crippen LogP contribution in [0.2, 0.25) is 0 Å².